The molecule has 0 aromatic rings. The van der Waals surface area contributed by atoms with Crippen molar-refractivity contribution in [3.63, 3.8) is 0 Å². The number of hydrogen-bond acceptors (Lipinski definition) is 4. The maximum atomic E-state index is 11.8. The first kappa shape index (κ1) is 14.7. The molecule has 1 spiro atoms. The monoisotopic (exact) mass is 299 g/mol. The number of carboxylic acid groups (broad SMARTS) is 1. The average molecular weight is 299 g/mol. The van der Waals surface area contributed by atoms with Crippen molar-refractivity contribution in [3.05, 3.63) is 0 Å². The van der Waals surface area contributed by atoms with Gasteiger partial charge in [0.05, 0.1) is 5.60 Å². The molecule has 0 amide bonds. The van der Waals surface area contributed by atoms with E-state index in [2.05, 4.69) is 4.90 Å². The van der Waals surface area contributed by atoms with E-state index in [0.29, 0.717) is 12.5 Å². The number of likely N-dealkylation sites (tertiary alicyclic amines) is 1. The van der Waals surface area contributed by atoms with Crippen LogP contribution in [-0.4, -0.2) is 57.8 Å². The Morgan fingerprint density at radius 1 is 1.50 bits per heavy atom. The molecule has 0 aromatic carbocycles. The van der Waals surface area contributed by atoms with Crippen molar-refractivity contribution in [3.8, 4) is 0 Å². The van der Waals surface area contributed by atoms with Crippen LogP contribution in [-0.2, 0) is 9.53 Å². The standard InChI is InChI=1S/C15H25NO3S/c1-2-15(13(17)18)5-3-7-16(15)12-4-8-19-14(10-12)6-9-20-11-14/h12H,2-11H2,1H3,(H,17,18). The van der Waals surface area contributed by atoms with Gasteiger partial charge in [0, 0.05) is 18.4 Å². The summed E-state index contributed by atoms with van der Waals surface area (Å²) in [6, 6.07) is 0.390. The molecule has 3 aliphatic rings. The van der Waals surface area contributed by atoms with Gasteiger partial charge in [-0.05, 0) is 50.8 Å². The second kappa shape index (κ2) is 5.50. The van der Waals surface area contributed by atoms with Gasteiger partial charge in [-0.1, -0.05) is 6.92 Å². The largest absolute Gasteiger partial charge is 0.480 e. The van der Waals surface area contributed by atoms with Crippen LogP contribution in [0.3, 0.4) is 0 Å². The van der Waals surface area contributed by atoms with Crippen LogP contribution in [0.1, 0.15) is 45.4 Å². The fourth-order valence-electron chi connectivity index (χ4n) is 4.32. The van der Waals surface area contributed by atoms with Crippen molar-refractivity contribution in [2.45, 2.75) is 62.6 Å². The molecule has 5 heteroatoms. The van der Waals surface area contributed by atoms with Gasteiger partial charge in [-0.2, -0.15) is 11.8 Å². The molecule has 0 radical (unpaired) electrons. The third-order valence-electron chi connectivity index (χ3n) is 5.50. The fourth-order valence-corrected chi connectivity index (χ4v) is 5.70. The van der Waals surface area contributed by atoms with Crippen LogP contribution in [0.25, 0.3) is 0 Å². The zero-order valence-corrected chi connectivity index (χ0v) is 13.1. The molecular weight excluding hydrogens is 274 g/mol. The maximum absolute atomic E-state index is 11.8. The minimum absolute atomic E-state index is 0.0359. The van der Waals surface area contributed by atoms with E-state index in [1.54, 1.807) is 0 Å². The molecule has 3 heterocycles. The molecule has 3 unspecified atom stereocenters. The van der Waals surface area contributed by atoms with Crippen LogP contribution in [0.15, 0.2) is 0 Å². The lowest BCUT2D eigenvalue weighted by Gasteiger charge is -2.46. The van der Waals surface area contributed by atoms with Gasteiger partial charge in [-0.25, -0.2) is 0 Å². The summed E-state index contributed by atoms with van der Waals surface area (Å²) in [7, 11) is 0. The van der Waals surface area contributed by atoms with E-state index in [1.165, 1.54) is 5.75 Å². The van der Waals surface area contributed by atoms with Crippen LogP contribution in [0.4, 0.5) is 0 Å². The predicted octanol–water partition coefficient (Wildman–Crippen LogP) is 2.37. The van der Waals surface area contributed by atoms with Gasteiger partial charge in [-0.3, -0.25) is 9.69 Å². The SMILES string of the molecule is CCC1(C(=O)O)CCCN1C1CCOC2(CCSC2)C1. The number of ether oxygens (including phenoxy) is 1. The van der Waals surface area contributed by atoms with Crippen LogP contribution >= 0.6 is 11.8 Å². The fraction of sp³-hybridized carbons (Fsp3) is 0.933. The van der Waals surface area contributed by atoms with E-state index in [0.717, 1.165) is 51.0 Å². The Morgan fingerprint density at radius 2 is 2.35 bits per heavy atom. The topological polar surface area (TPSA) is 49.8 Å². The summed E-state index contributed by atoms with van der Waals surface area (Å²) >= 11 is 1.98. The summed E-state index contributed by atoms with van der Waals surface area (Å²) in [5.41, 5.74) is -0.580. The number of rotatable bonds is 3. The van der Waals surface area contributed by atoms with Crippen molar-refractivity contribution in [2.75, 3.05) is 24.7 Å². The molecule has 3 fully saturated rings. The zero-order valence-electron chi connectivity index (χ0n) is 12.3. The molecule has 0 saturated carbocycles. The summed E-state index contributed by atoms with van der Waals surface area (Å²) in [5.74, 6) is 1.65. The predicted molar refractivity (Wildman–Crippen MR) is 80.2 cm³/mol. The summed E-state index contributed by atoms with van der Waals surface area (Å²) in [6.07, 6.45) is 5.67. The molecule has 4 nitrogen and oxygen atoms in total. The van der Waals surface area contributed by atoms with Gasteiger partial charge in [-0.15, -0.1) is 0 Å². The second-order valence-electron chi connectivity index (χ2n) is 6.47. The van der Waals surface area contributed by atoms with E-state index in [9.17, 15) is 9.90 Å². The maximum Gasteiger partial charge on any atom is 0.324 e. The highest BCUT2D eigenvalue weighted by atomic mass is 32.2. The normalized spacial score (nSPS) is 42.4. The number of nitrogens with zero attached hydrogens (tertiary/aromatic N) is 1. The zero-order chi connectivity index (χ0) is 14.2. The van der Waals surface area contributed by atoms with E-state index in [4.69, 9.17) is 4.74 Å². The van der Waals surface area contributed by atoms with Gasteiger partial charge in [0.25, 0.3) is 0 Å². The van der Waals surface area contributed by atoms with Crippen LogP contribution in [0, 0.1) is 0 Å². The van der Waals surface area contributed by atoms with Crippen molar-refractivity contribution < 1.29 is 14.6 Å². The molecule has 3 saturated heterocycles. The Labute approximate surface area is 125 Å². The molecule has 20 heavy (non-hydrogen) atoms. The first-order valence-corrected chi connectivity index (χ1v) is 8.99. The van der Waals surface area contributed by atoms with Gasteiger partial charge < -0.3 is 9.84 Å². The van der Waals surface area contributed by atoms with Crippen LogP contribution in [0.2, 0.25) is 0 Å². The van der Waals surface area contributed by atoms with E-state index in [1.807, 2.05) is 18.7 Å². The van der Waals surface area contributed by atoms with Crippen molar-refractivity contribution >= 4 is 17.7 Å². The van der Waals surface area contributed by atoms with Crippen molar-refractivity contribution in [1.82, 2.24) is 4.90 Å². The number of carboxylic acids is 1. The van der Waals surface area contributed by atoms with Gasteiger partial charge in [0.1, 0.15) is 5.54 Å². The Hall–Kier alpha value is -0.260. The lowest BCUT2D eigenvalue weighted by molar-refractivity contribution is -0.156. The third-order valence-corrected chi connectivity index (χ3v) is 6.72. The Morgan fingerprint density at radius 3 is 3.00 bits per heavy atom. The number of carbonyl (C=O) groups is 1. The van der Waals surface area contributed by atoms with Crippen molar-refractivity contribution in [1.29, 1.82) is 0 Å². The summed E-state index contributed by atoms with van der Waals surface area (Å²) in [4.78, 5) is 14.2. The minimum Gasteiger partial charge on any atom is -0.480 e. The Bertz CT molecular complexity index is 383. The van der Waals surface area contributed by atoms with Gasteiger partial charge in [0.15, 0.2) is 0 Å². The molecule has 1 N–H and O–H groups in total. The highest BCUT2D eigenvalue weighted by molar-refractivity contribution is 7.99. The number of thioether (sulfide) groups is 1. The molecule has 3 atom stereocenters. The van der Waals surface area contributed by atoms with E-state index in [-0.39, 0.29) is 5.60 Å². The molecule has 114 valence electrons. The smallest absolute Gasteiger partial charge is 0.324 e. The molecular formula is C15H25NO3S. The molecule has 3 aliphatic heterocycles. The first-order valence-electron chi connectivity index (χ1n) is 7.84. The Kier molecular flexibility index (Phi) is 4.04. The average Bonchev–Trinajstić information content (AvgIpc) is 3.06. The summed E-state index contributed by atoms with van der Waals surface area (Å²) < 4.78 is 6.08. The lowest BCUT2D eigenvalue weighted by Crippen LogP contribution is -2.58. The lowest BCUT2D eigenvalue weighted by atomic mass is 9.85. The molecule has 0 aliphatic carbocycles. The first-order chi connectivity index (χ1) is 9.62. The van der Waals surface area contributed by atoms with Gasteiger partial charge >= 0.3 is 5.97 Å². The minimum atomic E-state index is -0.626. The highest BCUT2D eigenvalue weighted by Gasteiger charge is 2.51. The molecule has 0 aromatic heterocycles. The van der Waals surface area contributed by atoms with E-state index >= 15 is 0 Å². The summed E-state index contributed by atoms with van der Waals surface area (Å²) in [5, 5.41) is 9.74. The van der Waals surface area contributed by atoms with Gasteiger partial charge in [0.2, 0.25) is 0 Å². The van der Waals surface area contributed by atoms with Crippen LogP contribution in [0.5, 0.6) is 0 Å². The highest BCUT2D eigenvalue weighted by Crippen LogP contribution is 2.43. The van der Waals surface area contributed by atoms with E-state index < -0.39 is 11.5 Å². The third kappa shape index (κ3) is 2.28. The van der Waals surface area contributed by atoms with Crippen molar-refractivity contribution in [2.24, 2.45) is 0 Å². The van der Waals surface area contributed by atoms with Crippen LogP contribution < -0.4 is 0 Å². The number of aliphatic carboxylic acids is 1. The molecule has 3 rings (SSSR count). The quantitative estimate of drug-likeness (QED) is 0.867. The second-order valence-corrected chi connectivity index (χ2v) is 7.57. The Balaban J connectivity index is 1.79. The molecule has 0 bridgehead atoms. The number of hydrogen-bond donors (Lipinski definition) is 1. The summed E-state index contributed by atoms with van der Waals surface area (Å²) in [6.45, 7) is 3.75.